The minimum absolute atomic E-state index is 0.0452. The van der Waals surface area contributed by atoms with Crippen LogP contribution in [0.5, 0.6) is 0 Å². The van der Waals surface area contributed by atoms with Crippen molar-refractivity contribution in [2.45, 2.75) is 25.7 Å². The molecule has 0 saturated heterocycles. The zero-order chi connectivity index (χ0) is 11.8. The molecule has 3 nitrogen and oxygen atoms in total. The van der Waals surface area contributed by atoms with Crippen molar-refractivity contribution in [3.63, 3.8) is 0 Å². The van der Waals surface area contributed by atoms with E-state index >= 15 is 0 Å². The molecule has 3 heteroatoms. The summed E-state index contributed by atoms with van der Waals surface area (Å²) in [5.74, 6) is 5.56. The number of ether oxygens (including phenoxy) is 1. The number of hydrogen-bond acceptors (Lipinski definition) is 3. The second-order valence-corrected chi connectivity index (χ2v) is 3.39. The molecular weight excluding hydrogens is 204 g/mol. The van der Waals surface area contributed by atoms with Gasteiger partial charge in [0, 0.05) is 18.4 Å². The van der Waals surface area contributed by atoms with E-state index in [-0.39, 0.29) is 11.8 Å². The van der Waals surface area contributed by atoms with E-state index in [2.05, 4.69) is 16.6 Å². The van der Waals surface area contributed by atoms with Crippen molar-refractivity contribution >= 4 is 11.8 Å². The largest absolute Gasteiger partial charge is 0.469 e. The fourth-order valence-electron chi connectivity index (χ4n) is 1.26. The number of rotatable bonds is 3. The van der Waals surface area contributed by atoms with Crippen LogP contribution >= 0.6 is 0 Å². The molecule has 0 bridgehead atoms. The van der Waals surface area contributed by atoms with Gasteiger partial charge in [-0.2, -0.15) is 0 Å². The lowest BCUT2D eigenvalue weighted by Crippen LogP contribution is -1.98. The van der Waals surface area contributed by atoms with Crippen LogP contribution in [0.4, 0.5) is 0 Å². The van der Waals surface area contributed by atoms with Gasteiger partial charge < -0.3 is 4.74 Å². The van der Waals surface area contributed by atoms with Gasteiger partial charge in [-0.05, 0) is 25.0 Å². The Kier molecular flexibility index (Phi) is 5.07. The SMILES string of the molecule is COC(=O)CCCC#CC=C1CC=CC1=O. The lowest BCUT2D eigenvalue weighted by Gasteiger charge is -1.94. The first-order valence-corrected chi connectivity index (χ1v) is 5.19. The molecule has 0 unspecified atom stereocenters. The van der Waals surface area contributed by atoms with Gasteiger partial charge in [0.1, 0.15) is 0 Å². The molecule has 0 radical (unpaired) electrons. The molecule has 1 aliphatic rings. The third kappa shape index (κ3) is 4.14. The molecule has 0 amide bonds. The third-order valence-corrected chi connectivity index (χ3v) is 2.18. The number of hydrogen-bond donors (Lipinski definition) is 0. The molecule has 0 N–H and O–H groups in total. The summed E-state index contributed by atoms with van der Waals surface area (Å²) in [6.45, 7) is 0. The molecule has 0 aliphatic heterocycles. The Morgan fingerprint density at radius 2 is 2.44 bits per heavy atom. The van der Waals surface area contributed by atoms with Crippen LogP contribution in [-0.4, -0.2) is 18.9 Å². The summed E-state index contributed by atoms with van der Waals surface area (Å²) in [6, 6.07) is 0. The van der Waals surface area contributed by atoms with Crippen molar-refractivity contribution in [1.82, 2.24) is 0 Å². The first kappa shape index (κ1) is 12.3. The summed E-state index contributed by atoms with van der Waals surface area (Å²) >= 11 is 0. The van der Waals surface area contributed by atoms with Crippen molar-refractivity contribution in [2.24, 2.45) is 0 Å². The number of methoxy groups -OCH3 is 1. The van der Waals surface area contributed by atoms with Crippen LogP contribution in [0.1, 0.15) is 25.7 Å². The minimum Gasteiger partial charge on any atom is -0.469 e. The van der Waals surface area contributed by atoms with Gasteiger partial charge in [-0.25, -0.2) is 0 Å². The maximum absolute atomic E-state index is 11.1. The van der Waals surface area contributed by atoms with Gasteiger partial charge in [0.15, 0.2) is 5.78 Å². The highest BCUT2D eigenvalue weighted by molar-refractivity contribution is 6.06. The van der Waals surface area contributed by atoms with Crippen LogP contribution < -0.4 is 0 Å². The van der Waals surface area contributed by atoms with Crippen molar-refractivity contribution in [3.05, 3.63) is 23.8 Å². The van der Waals surface area contributed by atoms with Crippen LogP contribution in [-0.2, 0) is 14.3 Å². The molecule has 0 fully saturated rings. The summed E-state index contributed by atoms with van der Waals surface area (Å²) in [5, 5.41) is 0. The number of carbonyl (C=O) groups is 2. The normalized spacial score (nSPS) is 16.1. The zero-order valence-corrected chi connectivity index (χ0v) is 9.29. The van der Waals surface area contributed by atoms with Crippen LogP contribution in [0, 0.1) is 11.8 Å². The average Bonchev–Trinajstić information content (AvgIpc) is 2.69. The second kappa shape index (κ2) is 6.62. The zero-order valence-electron chi connectivity index (χ0n) is 9.29. The molecule has 84 valence electrons. The summed E-state index contributed by atoms with van der Waals surface area (Å²) < 4.78 is 4.50. The van der Waals surface area contributed by atoms with Gasteiger partial charge in [0.2, 0.25) is 0 Å². The van der Waals surface area contributed by atoms with Crippen LogP contribution in [0.2, 0.25) is 0 Å². The monoisotopic (exact) mass is 218 g/mol. The molecule has 0 saturated carbocycles. The fraction of sp³-hybridized carbons (Fsp3) is 0.385. The Bertz CT molecular complexity index is 391. The van der Waals surface area contributed by atoms with E-state index < -0.39 is 0 Å². The number of ketones is 1. The molecule has 0 aromatic rings. The Balaban J connectivity index is 2.23. The predicted molar refractivity (Wildman–Crippen MR) is 60.5 cm³/mol. The standard InChI is InChI=1S/C13H14O3/c1-16-13(15)10-5-3-2-4-7-11-8-6-9-12(11)14/h6-7,9H,3,5,8,10H2,1H3. The number of allylic oxidation sites excluding steroid dienone is 4. The highest BCUT2D eigenvalue weighted by atomic mass is 16.5. The first-order valence-electron chi connectivity index (χ1n) is 5.19. The van der Waals surface area contributed by atoms with E-state index in [1.54, 1.807) is 12.2 Å². The summed E-state index contributed by atoms with van der Waals surface area (Å²) in [4.78, 5) is 21.9. The van der Waals surface area contributed by atoms with E-state index in [1.807, 2.05) is 6.08 Å². The van der Waals surface area contributed by atoms with Crippen molar-refractivity contribution < 1.29 is 14.3 Å². The van der Waals surface area contributed by atoms with E-state index in [1.165, 1.54) is 7.11 Å². The van der Waals surface area contributed by atoms with Crippen LogP contribution in [0.15, 0.2) is 23.8 Å². The van der Waals surface area contributed by atoms with Gasteiger partial charge in [-0.15, -0.1) is 0 Å². The Morgan fingerprint density at radius 3 is 3.06 bits per heavy atom. The molecule has 0 aromatic carbocycles. The van der Waals surface area contributed by atoms with E-state index in [4.69, 9.17) is 0 Å². The highest BCUT2D eigenvalue weighted by Gasteiger charge is 2.08. The first-order chi connectivity index (χ1) is 7.74. The van der Waals surface area contributed by atoms with E-state index in [0.29, 0.717) is 25.7 Å². The summed E-state index contributed by atoms with van der Waals surface area (Å²) in [7, 11) is 1.37. The smallest absolute Gasteiger partial charge is 0.305 e. The molecule has 1 rings (SSSR count). The van der Waals surface area contributed by atoms with Crippen molar-refractivity contribution in [1.29, 1.82) is 0 Å². The van der Waals surface area contributed by atoms with Gasteiger partial charge in [0.25, 0.3) is 0 Å². The average molecular weight is 218 g/mol. The number of carbonyl (C=O) groups excluding carboxylic acids is 2. The van der Waals surface area contributed by atoms with E-state index in [9.17, 15) is 9.59 Å². The molecule has 0 aromatic heterocycles. The molecule has 0 atom stereocenters. The minimum atomic E-state index is -0.213. The number of esters is 1. The maximum Gasteiger partial charge on any atom is 0.305 e. The van der Waals surface area contributed by atoms with Crippen LogP contribution in [0.3, 0.4) is 0 Å². The maximum atomic E-state index is 11.1. The van der Waals surface area contributed by atoms with Crippen molar-refractivity contribution in [2.75, 3.05) is 7.11 Å². The number of unbranched alkanes of at least 4 members (excludes halogenated alkanes) is 1. The van der Waals surface area contributed by atoms with E-state index in [0.717, 1.165) is 5.57 Å². The van der Waals surface area contributed by atoms with Gasteiger partial charge in [-0.3, -0.25) is 9.59 Å². The van der Waals surface area contributed by atoms with Gasteiger partial charge in [-0.1, -0.05) is 17.9 Å². The second-order valence-electron chi connectivity index (χ2n) is 3.39. The lowest BCUT2D eigenvalue weighted by molar-refractivity contribution is -0.140. The molecule has 1 aliphatic carbocycles. The van der Waals surface area contributed by atoms with Gasteiger partial charge in [0.05, 0.1) is 7.11 Å². The summed E-state index contributed by atoms with van der Waals surface area (Å²) in [6.07, 6.45) is 7.44. The van der Waals surface area contributed by atoms with Crippen molar-refractivity contribution in [3.8, 4) is 11.8 Å². The lowest BCUT2D eigenvalue weighted by atomic mass is 10.2. The molecular formula is C13H14O3. The van der Waals surface area contributed by atoms with Gasteiger partial charge >= 0.3 is 5.97 Å². The Hall–Kier alpha value is -1.82. The van der Waals surface area contributed by atoms with Crippen LogP contribution in [0.25, 0.3) is 0 Å². The molecule has 0 heterocycles. The quantitative estimate of drug-likeness (QED) is 0.314. The Morgan fingerprint density at radius 1 is 1.62 bits per heavy atom. The topological polar surface area (TPSA) is 43.4 Å². The highest BCUT2D eigenvalue weighted by Crippen LogP contribution is 2.11. The molecule has 16 heavy (non-hydrogen) atoms. The molecule has 0 spiro atoms. The predicted octanol–water partition coefficient (Wildman–Crippen LogP) is 1.79. The fourth-order valence-corrected chi connectivity index (χ4v) is 1.26. The summed E-state index contributed by atoms with van der Waals surface area (Å²) in [5.41, 5.74) is 0.737. The third-order valence-electron chi connectivity index (χ3n) is 2.18. The Labute approximate surface area is 95.2 Å².